The Labute approximate surface area is 132 Å². The highest BCUT2D eigenvalue weighted by Crippen LogP contribution is 2.30. The zero-order chi connectivity index (χ0) is 17.1. The normalized spacial score (nSPS) is 18.4. The predicted molar refractivity (Wildman–Crippen MR) is 75.7 cm³/mol. The average Bonchev–Trinajstić information content (AvgIpc) is 2.88. The third-order valence-electron chi connectivity index (χ3n) is 3.67. The standard InChI is InChI=1S/C13H17F3N4O2S/c14-13(15,16)11-9-20-8-10(3-4-12(20)19-11)7-18-23(21,22)6-2-1-5-17/h9-10,18H,1-4,6-8H2. The molecule has 2 heterocycles. The second kappa shape index (κ2) is 6.88. The third-order valence-corrected chi connectivity index (χ3v) is 5.11. The number of imidazole rings is 1. The molecule has 23 heavy (non-hydrogen) atoms. The Morgan fingerprint density at radius 1 is 1.48 bits per heavy atom. The first-order valence-corrected chi connectivity index (χ1v) is 8.84. The highest BCUT2D eigenvalue weighted by Gasteiger charge is 2.35. The van der Waals surface area contributed by atoms with Gasteiger partial charge in [0.25, 0.3) is 0 Å². The molecule has 1 aliphatic rings. The van der Waals surface area contributed by atoms with E-state index in [1.165, 1.54) is 4.57 Å². The van der Waals surface area contributed by atoms with Gasteiger partial charge < -0.3 is 4.57 Å². The summed E-state index contributed by atoms with van der Waals surface area (Å²) in [7, 11) is -3.45. The summed E-state index contributed by atoms with van der Waals surface area (Å²) in [6.45, 7) is 0.479. The molecule has 1 unspecified atom stereocenters. The van der Waals surface area contributed by atoms with E-state index in [2.05, 4.69) is 9.71 Å². The molecule has 0 radical (unpaired) electrons. The summed E-state index contributed by atoms with van der Waals surface area (Å²) in [5.41, 5.74) is -0.912. The quantitative estimate of drug-likeness (QED) is 0.791. The molecular formula is C13H17F3N4O2S. The molecular weight excluding hydrogens is 333 g/mol. The number of sulfonamides is 1. The summed E-state index contributed by atoms with van der Waals surface area (Å²) in [4.78, 5) is 3.58. The summed E-state index contributed by atoms with van der Waals surface area (Å²) >= 11 is 0. The summed E-state index contributed by atoms with van der Waals surface area (Å²) in [5, 5.41) is 8.40. The number of fused-ring (bicyclic) bond motifs is 1. The van der Waals surface area contributed by atoms with Gasteiger partial charge in [-0.15, -0.1) is 0 Å². The lowest BCUT2D eigenvalue weighted by atomic mass is 10.00. The van der Waals surface area contributed by atoms with Gasteiger partial charge in [0, 0.05) is 32.1 Å². The molecule has 6 nitrogen and oxygen atoms in total. The maximum absolute atomic E-state index is 12.6. The highest BCUT2D eigenvalue weighted by molar-refractivity contribution is 7.89. The number of hydrogen-bond donors (Lipinski definition) is 1. The van der Waals surface area contributed by atoms with E-state index in [1.807, 2.05) is 6.07 Å². The first kappa shape index (κ1) is 17.7. The monoisotopic (exact) mass is 350 g/mol. The molecule has 1 aliphatic heterocycles. The second-order valence-corrected chi connectivity index (χ2v) is 7.45. The first-order chi connectivity index (χ1) is 10.7. The summed E-state index contributed by atoms with van der Waals surface area (Å²) < 4.78 is 65.3. The van der Waals surface area contributed by atoms with Crippen molar-refractivity contribution in [2.24, 2.45) is 5.92 Å². The SMILES string of the molecule is N#CCCCS(=O)(=O)NCC1CCc2nc(C(F)(F)F)cn2C1. The number of halogens is 3. The molecule has 1 atom stereocenters. The van der Waals surface area contributed by atoms with Gasteiger partial charge in [0.05, 0.1) is 11.8 Å². The number of nitriles is 1. The van der Waals surface area contributed by atoms with Gasteiger partial charge in [-0.25, -0.2) is 18.1 Å². The highest BCUT2D eigenvalue weighted by atomic mass is 32.2. The third kappa shape index (κ3) is 4.94. The maximum atomic E-state index is 12.6. The van der Waals surface area contributed by atoms with Crippen LogP contribution in [-0.4, -0.2) is 30.3 Å². The average molecular weight is 350 g/mol. The Kier molecular flexibility index (Phi) is 5.31. The largest absolute Gasteiger partial charge is 0.434 e. The van der Waals surface area contributed by atoms with Crippen LogP contribution in [0.3, 0.4) is 0 Å². The van der Waals surface area contributed by atoms with E-state index < -0.39 is 21.9 Å². The molecule has 0 aliphatic carbocycles. The van der Waals surface area contributed by atoms with E-state index in [1.54, 1.807) is 0 Å². The van der Waals surface area contributed by atoms with E-state index in [0.717, 1.165) is 6.20 Å². The van der Waals surface area contributed by atoms with Crippen LogP contribution in [0.15, 0.2) is 6.20 Å². The number of aromatic nitrogens is 2. The lowest BCUT2D eigenvalue weighted by Gasteiger charge is -2.23. The number of alkyl halides is 3. The van der Waals surface area contributed by atoms with Crippen LogP contribution >= 0.6 is 0 Å². The fraction of sp³-hybridized carbons (Fsp3) is 0.692. The maximum Gasteiger partial charge on any atom is 0.434 e. The minimum atomic E-state index is -4.47. The van der Waals surface area contributed by atoms with Crippen molar-refractivity contribution in [2.75, 3.05) is 12.3 Å². The summed E-state index contributed by atoms with van der Waals surface area (Å²) in [6.07, 6.45) is -2.10. The van der Waals surface area contributed by atoms with Crippen LogP contribution < -0.4 is 4.72 Å². The van der Waals surface area contributed by atoms with Crippen LogP contribution in [0.2, 0.25) is 0 Å². The van der Waals surface area contributed by atoms with Crippen LogP contribution in [0.5, 0.6) is 0 Å². The molecule has 0 amide bonds. The second-order valence-electron chi connectivity index (χ2n) is 5.53. The number of nitrogens with zero attached hydrogens (tertiary/aromatic N) is 3. The van der Waals surface area contributed by atoms with Gasteiger partial charge in [0.1, 0.15) is 5.82 Å². The Balaban J connectivity index is 1.90. The van der Waals surface area contributed by atoms with Gasteiger partial charge in [0.15, 0.2) is 5.69 Å². The predicted octanol–water partition coefficient (Wildman–Crippen LogP) is 1.69. The van der Waals surface area contributed by atoms with Crippen molar-refractivity contribution >= 4 is 10.0 Å². The summed E-state index contributed by atoms with van der Waals surface area (Å²) in [6, 6.07) is 1.88. The van der Waals surface area contributed by atoms with Crippen molar-refractivity contribution in [2.45, 2.75) is 38.4 Å². The van der Waals surface area contributed by atoms with Crippen molar-refractivity contribution in [3.05, 3.63) is 17.7 Å². The first-order valence-electron chi connectivity index (χ1n) is 7.19. The molecule has 10 heteroatoms. The van der Waals surface area contributed by atoms with Gasteiger partial charge in [0.2, 0.25) is 10.0 Å². The fourth-order valence-corrected chi connectivity index (χ4v) is 3.63. The number of nitrogens with one attached hydrogen (secondary N) is 1. The fourth-order valence-electron chi connectivity index (χ4n) is 2.48. The van der Waals surface area contributed by atoms with E-state index >= 15 is 0 Å². The van der Waals surface area contributed by atoms with E-state index in [9.17, 15) is 21.6 Å². The summed E-state index contributed by atoms with van der Waals surface area (Å²) in [5.74, 6) is 0.177. The van der Waals surface area contributed by atoms with Crippen LogP contribution in [0, 0.1) is 17.2 Å². The van der Waals surface area contributed by atoms with Crippen molar-refractivity contribution in [1.82, 2.24) is 14.3 Å². The number of aryl methyl sites for hydroxylation is 1. The molecule has 2 rings (SSSR count). The van der Waals surface area contributed by atoms with E-state index in [0.29, 0.717) is 25.2 Å². The Bertz CT molecular complexity index is 691. The lowest BCUT2D eigenvalue weighted by Crippen LogP contribution is -2.34. The molecule has 1 N–H and O–H groups in total. The van der Waals surface area contributed by atoms with Gasteiger partial charge in [-0.2, -0.15) is 18.4 Å². The van der Waals surface area contributed by atoms with Crippen LogP contribution in [0.1, 0.15) is 30.8 Å². The van der Waals surface area contributed by atoms with Gasteiger partial charge in [-0.1, -0.05) is 0 Å². The zero-order valence-corrected chi connectivity index (χ0v) is 13.1. The van der Waals surface area contributed by atoms with Crippen LogP contribution in [-0.2, 0) is 29.2 Å². The minimum Gasteiger partial charge on any atom is -0.334 e. The van der Waals surface area contributed by atoms with E-state index in [4.69, 9.17) is 5.26 Å². The van der Waals surface area contributed by atoms with Crippen LogP contribution in [0.4, 0.5) is 13.2 Å². The Morgan fingerprint density at radius 2 is 2.22 bits per heavy atom. The van der Waals surface area contributed by atoms with E-state index in [-0.39, 0.29) is 31.1 Å². The molecule has 0 aromatic carbocycles. The van der Waals surface area contributed by atoms with Gasteiger partial charge in [-0.05, 0) is 18.8 Å². The Hall–Kier alpha value is -1.60. The molecule has 1 aromatic heterocycles. The molecule has 0 bridgehead atoms. The smallest absolute Gasteiger partial charge is 0.334 e. The Morgan fingerprint density at radius 3 is 2.87 bits per heavy atom. The molecule has 0 saturated carbocycles. The molecule has 0 spiro atoms. The van der Waals surface area contributed by atoms with Gasteiger partial charge in [-0.3, -0.25) is 0 Å². The number of rotatable bonds is 6. The minimum absolute atomic E-state index is 0.0801. The van der Waals surface area contributed by atoms with Crippen molar-refractivity contribution in [1.29, 1.82) is 5.26 Å². The van der Waals surface area contributed by atoms with Gasteiger partial charge >= 0.3 is 6.18 Å². The molecule has 0 saturated heterocycles. The zero-order valence-electron chi connectivity index (χ0n) is 12.3. The van der Waals surface area contributed by atoms with Crippen molar-refractivity contribution in [3.8, 4) is 6.07 Å². The van der Waals surface area contributed by atoms with Crippen LogP contribution in [0.25, 0.3) is 0 Å². The topological polar surface area (TPSA) is 87.8 Å². The van der Waals surface area contributed by atoms with Crippen molar-refractivity contribution < 1.29 is 21.6 Å². The molecule has 1 aromatic rings. The molecule has 0 fully saturated rings. The lowest BCUT2D eigenvalue weighted by molar-refractivity contribution is -0.141. The molecule has 128 valence electrons. The number of unbranched alkanes of at least 4 members (excludes halogenated alkanes) is 1. The van der Waals surface area contributed by atoms with Crippen molar-refractivity contribution in [3.63, 3.8) is 0 Å². The number of hydrogen-bond acceptors (Lipinski definition) is 4.